The van der Waals surface area contributed by atoms with E-state index in [1.807, 2.05) is 61.5 Å². The van der Waals surface area contributed by atoms with Crippen molar-refractivity contribution in [2.45, 2.75) is 32.7 Å². The van der Waals surface area contributed by atoms with Gasteiger partial charge in [-0.25, -0.2) is 9.59 Å². The summed E-state index contributed by atoms with van der Waals surface area (Å²) in [7, 11) is 1.28. The maximum atomic E-state index is 12.5. The molecule has 6 rings (SSSR count). The number of nitrogens with one attached hydrogen (secondary N) is 3. The third-order valence-electron chi connectivity index (χ3n) is 8.28. The van der Waals surface area contributed by atoms with Crippen LogP contribution < -0.4 is 30.3 Å². The van der Waals surface area contributed by atoms with Crippen molar-refractivity contribution in [3.05, 3.63) is 125 Å². The number of hydrogen-bond donors (Lipinski definition) is 4. The van der Waals surface area contributed by atoms with Gasteiger partial charge in [-0.3, -0.25) is 5.43 Å². The first kappa shape index (κ1) is 33.8. The van der Waals surface area contributed by atoms with E-state index in [0.717, 1.165) is 32.7 Å². The minimum Gasteiger partial charge on any atom is -0.490 e. The molecule has 0 unspecified atom stereocenters. The number of esters is 1. The number of ether oxygens (including phenoxy) is 4. The molecule has 2 amide bonds. The molecule has 5 aromatic rings. The molecule has 5 aromatic carbocycles. The molecule has 1 aliphatic rings. The predicted octanol–water partition coefficient (Wildman–Crippen LogP) is 6.09. The van der Waals surface area contributed by atoms with Gasteiger partial charge >= 0.3 is 12.0 Å². The number of allylic oxidation sites excluding steroid dienone is 1. The smallest absolute Gasteiger partial charge is 0.337 e. The number of carbonyl (C=O) groups is 2. The highest BCUT2D eigenvalue weighted by atomic mass is 16.5. The second-order valence-electron chi connectivity index (χ2n) is 11.5. The zero-order valence-electron chi connectivity index (χ0n) is 27.9. The molecule has 0 spiro atoms. The van der Waals surface area contributed by atoms with E-state index in [-0.39, 0.29) is 12.2 Å². The molecular formula is C39H38N4O7. The van der Waals surface area contributed by atoms with Gasteiger partial charge in [0.05, 0.1) is 31.5 Å². The van der Waals surface area contributed by atoms with Gasteiger partial charge in [0.2, 0.25) is 0 Å². The number of methoxy groups -OCH3 is 1. The molecule has 11 nitrogen and oxygen atoms in total. The van der Waals surface area contributed by atoms with E-state index in [9.17, 15) is 14.7 Å². The van der Waals surface area contributed by atoms with Gasteiger partial charge in [0.1, 0.15) is 19.0 Å². The summed E-state index contributed by atoms with van der Waals surface area (Å²) < 4.78 is 23.0. The summed E-state index contributed by atoms with van der Waals surface area (Å²) in [4.78, 5) is 24.8. The highest BCUT2D eigenvalue weighted by molar-refractivity contribution is 6.02. The fourth-order valence-electron chi connectivity index (χ4n) is 5.92. The predicted molar refractivity (Wildman–Crippen MR) is 191 cm³/mol. The molecule has 256 valence electrons. The molecule has 1 aliphatic heterocycles. The topological polar surface area (TPSA) is 140 Å². The lowest BCUT2D eigenvalue weighted by molar-refractivity contribution is -0.136. The monoisotopic (exact) mass is 674 g/mol. The Morgan fingerprint density at radius 1 is 0.900 bits per heavy atom. The first-order valence-corrected chi connectivity index (χ1v) is 16.2. The lowest BCUT2D eigenvalue weighted by atomic mass is 9.95. The van der Waals surface area contributed by atoms with Gasteiger partial charge in [0.25, 0.3) is 0 Å². The average molecular weight is 675 g/mol. The van der Waals surface area contributed by atoms with E-state index in [1.54, 1.807) is 31.3 Å². The molecule has 4 N–H and O–H groups in total. The Morgan fingerprint density at radius 3 is 2.40 bits per heavy atom. The van der Waals surface area contributed by atoms with Crippen molar-refractivity contribution < 1.29 is 33.6 Å². The number of benzene rings is 5. The van der Waals surface area contributed by atoms with E-state index < -0.39 is 24.3 Å². The molecule has 0 bridgehead atoms. The largest absolute Gasteiger partial charge is 0.490 e. The summed E-state index contributed by atoms with van der Waals surface area (Å²) in [5.41, 5.74) is 5.82. The molecule has 0 saturated carbocycles. The Hall–Kier alpha value is -6.07. The van der Waals surface area contributed by atoms with Gasteiger partial charge in [-0.05, 0) is 64.7 Å². The first-order valence-electron chi connectivity index (χ1n) is 16.2. The lowest BCUT2D eigenvalue weighted by Gasteiger charge is -2.28. The normalized spacial score (nSPS) is 15.0. The minimum atomic E-state index is -1.17. The van der Waals surface area contributed by atoms with Crippen LogP contribution in [0.25, 0.3) is 21.5 Å². The maximum absolute atomic E-state index is 12.5. The SMILES string of the molecule is CCOc1cc([C@H]2NC(=O)NC(C)=C2C(=O)OC)ccc1OC[C@@H](O)N/N=C/c1c(OCc2cccc3ccccc23)ccc2ccccc12. The van der Waals surface area contributed by atoms with Crippen molar-refractivity contribution in [2.24, 2.45) is 5.10 Å². The van der Waals surface area contributed by atoms with Crippen LogP contribution in [0, 0.1) is 0 Å². The number of aliphatic hydroxyl groups excluding tert-OH is 1. The van der Waals surface area contributed by atoms with E-state index in [1.165, 1.54) is 7.11 Å². The summed E-state index contributed by atoms with van der Waals surface area (Å²) in [6.45, 7) is 4.00. The number of rotatable bonds is 13. The van der Waals surface area contributed by atoms with Crippen LogP contribution in [0.1, 0.15) is 36.6 Å². The van der Waals surface area contributed by atoms with Crippen LogP contribution >= 0.6 is 0 Å². The minimum absolute atomic E-state index is 0.159. The van der Waals surface area contributed by atoms with Gasteiger partial charge in [-0.15, -0.1) is 0 Å². The molecule has 50 heavy (non-hydrogen) atoms. The molecule has 0 aromatic heterocycles. The Morgan fingerprint density at radius 2 is 1.62 bits per heavy atom. The zero-order chi connectivity index (χ0) is 35.0. The summed E-state index contributed by atoms with van der Waals surface area (Å²) in [5.74, 6) is 0.818. The van der Waals surface area contributed by atoms with Crippen molar-refractivity contribution in [3.63, 3.8) is 0 Å². The number of fused-ring (bicyclic) bond motifs is 2. The number of amides is 2. The van der Waals surface area contributed by atoms with E-state index in [0.29, 0.717) is 41.7 Å². The molecular weight excluding hydrogens is 636 g/mol. The summed E-state index contributed by atoms with van der Waals surface area (Å²) in [6, 6.07) is 30.1. The number of aliphatic hydroxyl groups is 1. The Kier molecular flexibility index (Phi) is 10.4. The van der Waals surface area contributed by atoms with Crippen molar-refractivity contribution in [1.29, 1.82) is 0 Å². The van der Waals surface area contributed by atoms with Crippen LogP contribution in [0.4, 0.5) is 4.79 Å². The molecule has 11 heteroatoms. The fourth-order valence-corrected chi connectivity index (χ4v) is 5.92. The number of hydrazone groups is 1. The Balaban J connectivity index is 1.15. The molecule has 0 fully saturated rings. The Bertz CT molecular complexity index is 2090. The van der Waals surface area contributed by atoms with Gasteiger partial charge in [0, 0.05) is 11.3 Å². The highest BCUT2D eigenvalue weighted by Crippen LogP contribution is 2.35. The highest BCUT2D eigenvalue weighted by Gasteiger charge is 2.32. The first-order chi connectivity index (χ1) is 24.4. The maximum Gasteiger partial charge on any atom is 0.337 e. The average Bonchev–Trinajstić information content (AvgIpc) is 3.13. The summed E-state index contributed by atoms with van der Waals surface area (Å²) in [5, 5.41) is 24.7. The van der Waals surface area contributed by atoms with Crippen LogP contribution in [-0.2, 0) is 16.1 Å². The van der Waals surface area contributed by atoms with Gasteiger partial charge < -0.3 is 34.7 Å². The third kappa shape index (κ3) is 7.48. The molecule has 0 saturated heterocycles. The van der Waals surface area contributed by atoms with E-state index in [4.69, 9.17) is 18.9 Å². The second-order valence-corrected chi connectivity index (χ2v) is 11.5. The van der Waals surface area contributed by atoms with Crippen LogP contribution in [0.5, 0.6) is 17.2 Å². The van der Waals surface area contributed by atoms with Gasteiger partial charge in [-0.2, -0.15) is 5.10 Å². The van der Waals surface area contributed by atoms with E-state index in [2.05, 4.69) is 45.4 Å². The standard InChI is InChI=1S/C39H38N4O7/c1-4-48-34-20-27(37-36(38(45)47-3)24(2)41-39(46)42-37)17-19-33(34)50-23-35(44)43-40-21-31-30-15-8-6-11-26(30)16-18-32(31)49-22-28-13-9-12-25-10-5-7-14-29(25)28/h5-21,35,37,43-44H,4,22-23H2,1-3H3,(H2,41,42,46)/b40-21+/t35-,37-/m1/s1. The van der Waals surface area contributed by atoms with Crippen LogP contribution in [0.15, 0.2) is 113 Å². The van der Waals surface area contributed by atoms with E-state index >= 15 is 0 Å². The third-order valence-corrected chi connectivity index (χ3v) is 8.28. The molecule has 0 radical (unpaired) electrons. The molecule has 2 atom stereocenters. The number of hydrogen-bond acceptors (Lipinski definition) is 9. The number of nitrogens with zero attached hydrogens (tertiary/aromatic N) is 1. The van der Waals surface area contributed by atoms with Crippen LogP contribution in [-0.4, -0.2) is 49.9 Å². The van der Waals surface area contributed by atoms with Crippen LogP contribution in [0.2, 0.25) is 0 Å². The van der Waals surface area contributed by atoms with Crippen LogP contribution in [0.3, 0.4) is 0 Å². The summed E-state index contributed by atoms with van der Waals surface area (Å²) >= 11 is 0. The van der Waals surface area contributed by atoms with Crippen molar-refractivity contribution >= 4 is 39.8 Å². The molecule has 0 aliphatic carbocycles. The van der Waals surface area contributed by atoms with Crippen molar-refractivity contribution in [2.75, 3.05) is 20.3 Å². The molecule has 1 heterocycles. The fraction of sp³-hybridized carbons (Fsp3) is 0.205. The van der Waals surface area contributed by atoms with Gasteiger partial charge in [0.15, 0.2) is 17.7 Å². The Labute approximate surface area is 289 Å². The number of urea groups is 1. The number of carbonyl (C=O) groups excluding carboxylic acids is 2. The quantitative estimate of drug-likeness (QED) is 0.0509. The summed E-state index contributed by atoms with van der Waals surface area (Å²) in [6.07, 6.45) is 0.460. The zero-order valence-corrected chi connectivity index (χ0v) is 27.9. The van der Waals surface area contributed by atoms with Crippen molar-refractivity contribution in [3.8, 4) is 17.2 Å². The second kappa shape index (κ2) is 15.4. The van der Waals surface area contributed by atoms with Crippen molar-refractivity contribution in [1.82, 2.24) is 16.1 Å². The van der Waals surface area contributed by atoms with Gasteiger partial charge in [-0.1, -0.05) is 78.9 Å². The lowest BCUT2D eigenvalue weighted by Crippen LogP contribution is -2.45.